The molecule has 0 atom stereocenters. The third-order valence-corrected chi connectivity index (χ3v) is 3.53. The summed E-state index contributed by atoms with van der Waals surface area (Å²) in [5.74, 6) is 0. The van der Waals surface area contributed by atoms with Gasteiger partial charge in [-0.15, -0.1) is 11.3 Å². The van der Waals surface area contributed by atoms with Crippen LogP contribution in [0.4, 0.5) is 5.69 Å². The number of rotatable bonds is 5. The second kappa shape index (κ2) is 6.02. The fourth-order valence-electron chi connectivity index (χ4n) is 1.60. The van der Waals surface area contributed by atoms with Gasteiger partial charge in [-0.3, -0.25) is 4.79 Å². The average Bonchev–Trinajstić information content (AvgIpc) is 2.76. The van der Waals surface area contributed by atoms with E-state index in [4.69, 9.17) is 11.6 Å². The van der Waals surface area contributed by atoms with Crippen LogP contribution in [0.5, 0.6) is 0 Å². The fourth-order valence-corrected chi connectivity index (χ4v) is 2.50. The Labute approximate surface area is 114 Å². The first-order chi connectivity index (χ1) is 8.69. The maximum atomic E-state index is 11.5. The number of anilines is 1. The van der Waals surface area contributed by atoms with Crippen molar-refractivity contribution in [3.05, 3.63) is 44.2 Å². The Morgan fingerprint density at radius 2 is 2.33 bits per heavy atom. The van der Waals surface area contributed by atoms with Gasteiger partial charge < -0.3 is 9.88 Å². The van der Waals surface area contributed by atoms with E-state index in [0.717, 1.165) is 23.7 Å². The first-order valence-electron chi connectivity index (χ1n) is 5.73. The number of thiazole rings is 1. The zero-order chi connectivity index (χ0) is 13.0. The van der Waals surface area contributed by atoms with Crippen LogP contribution in [0.1, 0.15) is 18.4 Å². The number of hydrogen-bond acceptors (Lipinski definition) is 4. The van der Waals surface area contributed by atoms with Crippen LogP contribution in [0, 0.1) is 0 Å². The molecule has 0 unspecified atom stereocenters. The molecule has 1 N–H and O–H groups in total. The first-order valence-corrected chi connectivity index (χ1v) is 6.93. The van der Waals surface area contributed by atoms with E-state index in [0.29, 0.717) is 10.9 Å². The molecule has 0 amide bonds. The molecule has 2 heterocycles. The van der Waals surface area contributed by atoms with Crippen molar-refractivity contribution in [2.24, 2.45) is 0 Å². The lowest BCUT2D eigenvalue weighted by Crippen LogP contribution is -2.18. The van der Waals surface area contributed by atoms with Crippen LogP contribution >= 0.6 is 22.9 Å². The minimum atomic E-state index is 0.0275. The molecule has 2 aromatic heterocycles. The van der Waals surface area contributed by atoms with Gasteiger partial charge in [0.05, 0.1) is 18.4 Å². The van der Waals surface area contributed by atoms with Crippen molar-refractivity contribution in [2.45, 2.75) is 26.4 Å². The standard InChI is InChI=1S/C12H14ClN3OS/c1-2-5-16-8-9(3-4-12(16)17)14-7-11-15-6-10(13)18-11/h3-4,6,8,14H,2,5,7H2,1H3. The molecule has 0 aromatic carbocycles. The number of nitrogens with zero attached hydrogens (tertiary/aromatic N) is 2. The lowest BCUT2D eigenvalue weighted by molar-refractivity contribution is 0.655. The molecular formula is C12H14ClN3OS. The highest BCUT2D eigenvalue weighted by Gasteiger charge is 2.01. The van der Waals surface area contributed by atoms with Crippen LogP contribution in [-0.2, 0) is 13.1 Å². The van der Waals surface area contributed by atoms with Crippen molar-refractivity contribution in [1.29, 1.82) is 0 Å². The molecule has 0 fully saturated rings. The van der Waals surface area contributed by atoms with Gasteiger partial charge in [-0.05, 0) is 12.5 Å². The molecule has 0 spiro atoms. The molecule has 0 aliphatic rings. The largest absolute Gasteiger partial charge is 0.377 e. The Hall–Kier alpha value is -1.33. The van der Waals surface area contributed by atoms with Gasteiger partial charge in [0.1, 0.15) is 9.34 Å². The van der Waals surface area contributed by atoms with E-state index in [9.17, 15) is 4.79 Å². The Balaban J connectivity index is 2.05. The molecule has 0 saturated carbocycles. The molecule has 2 aromatic rings. The lowest BCUT2D eigenvalue weighted by atomic mass is 10.3. The van der Waals surface area contributed by atoms with Gasteiger partial charge in [-0.25, -0.2) is 4.98 Å². The number of aryl methyl sites for hydroxylation is 1. The van der Waals surface area contributed by atoms with Crippen molar-refractivity contribution in [3.63, 3.8) is 0 Å². The number of pyridine rings is 1. The zero-order valence-electron chi connectivity index (χ0n) is 10.0. The molecule has 0 bridgehead atoms. The molecule has 6 heteroatoms. The van der Waals surface area contributed by atoms with Crippen molar-refractivity contribution >= 4 is 28.6 Å². The van der Waals surface area contributed by atoms with Gasteiger partial charge in [0.2, 0.25) is 0 Å². The van der Waals surface area contributed by atoms with E-state index in [1.807, 2.05) is 13.1 Å². The molecule has 0 radical (unpaired) electrons. The van der Waals surface area contributed by atoms with E-state index in [1.54, 1.807) is 22.9 Å². The third kappa shape index (κ3) is 3.34. The van der Waals surface area contributed by atoms with Crippen LogP contribution < -0.4 is 10.9 Å². The highest BCUT2D eigenvalue weighted by molar-refractivity contribution is 7.15. The predicted octanol–water partition coefficient (Wildman–Crippen LogP) is 2.98. The summed E-state index contributed by atoms with van der Waals surface area (Å²) in [6, 6.07) is 3.36. The lowest BCUT2D eigenvalue weighted by Gasteiger charge is -2.08. The Kier molecular flexibility index (Phi) is 4.38. The number of nitrogens with one attached hydrogen (secondary N) is 1. The van der Waals surface area contributed by atoms with Gasteiger partial charge in [-0.2, -0.15) is 0 Å². The average molecular weight is 284 g/mol. The SMILES string of the molecule is CCCn1cc(NCc2ncc(Cl)s2)ccc1=O. The van der Waals surface area contributed by atoms with E-state index < -0.39 is 0 Å². The normalized spacial score (nSPS) is 10.6. The van der Waals surface area contributed by atoms with Crippen LogP contribution in [0.25, 0.3) is 0 Å². The van der Waals surface area contributed by atoms with Gasteiger partial charge in [0.25, 0.3) is 5.56 Å². The molecule has 4 nitrogen and oxygen atoms in total. The van der Waals surface area contributed by atoms with Gasteiger partial charge in [-0.1, -0.05) is 18.5 Å². The van der Waals surface area contributed by atoms with Gasteiger partial charge in [0.15, 0.2) is 0 Å². The summed E-state index contributed by atoms with van der Waals surface area (Å²) in [4.78, 5) is 15.7. The van der Waals surface area contributed by atoms with E-state index in [-0.39, 0.29) is 5.56 Å². The van der Waals surface area contributed by atoms with Crippen molar-refractivity contribution in [2.75, 3.05) is 5.32 Å². The van der Waals surface area contributed by atoms with E-state index in [1.165, 1.54) is 11.3 Å². The topological polar surface area (TPSA) is 46.9 Å². The van der Waals surface area contributed by atoms with Crippen LogP contribution in [0.2, 0.25) is 4.34 Å². The summed E-state index contributed by atoms with van der Waals surface area (Å²) >= 11 is 7.26. The number of hydrogen-bond donors (Lipinski definition) is 1. The summed E-state index contributed by atoms with van der Waals surface area (Å²) in [6.07, 6.45) is 4.41. The molecule has 18 heavy (non-hydrogen) atoms. The Morgan fingerprint density at radius 3 is 3.00 bits per heavy atom. The number of halogens is 1. The summed E-state index contributed by atoms with van der Waals surface area (Å²) in [5, 5.41) is 4.15. The van der Waals surface area contributed by atoms with Crippen LogP contribution in [0.15, 0.2) is 29.3 Å². The predicted molar refractivity (Wildman–Crippen MR) is 75.4 cm³/mol. The number of aromatic nitrogens is 2. The summed E-state index contributed by atoms with van der Waals surface area (Å²) in [7, 11) is 0. The maximum Gasteiger partial charge on any atom is 0.250 e. The van der Waals surface area contributed by atoms with Gasteiger partial charge >= 0.3 is 0 Å². The molecule has 2 rings (SSSR count). The second-order valence-electron chi connectivity index (χ2n) is 3.86. The quantitative estimate of drug-likeness (QED) is 0.918. The Morgan fingerprint density at radius 1 is 1.50 bits per heavy atom. The Bertz CT molecular complexity index is 579. The fraction of sp³-hybridized carbons (Fsp3) is 0.333. The van der Waals surface area contributed by atoms with Crippen LogP contribution in [-0.4, -0.2) is 9.55 Å². The second-order valence-corrected chi connectivity index (χ2v) is 5.61. The van der Waals surface area contributed by atoms with E-state index in [2.05, 4.69) is 10.3 Å². The summed E-state index contributed by atoms with van der Waals surface area (Å²) in [5.41, 5.74) is 0.939. The van der Waals surface area contributed by atoms with Crippen LogP contribution in [0.3, 0.4) is 0 Å². The molecule has 96 valence electrons. The highest BCUT2D eigenvalue weighted by Crippen LogP contribution is 2.19. The molecule has 0 aliphatic carbocycles. The smallest absolute Gasteiger partial charge is 0.250 e. The van der Waals surface area contributed by atoms with Crippen molar-refractivity contribution < 1.29 is 0 Å². The molecular weight excluding hydrogens is 270 g/mol. The third-order valence-electron chi connectivity index (χ3n) is 2.42. The molecule has 0 aliphatic heterocycles. The summed E-state index contributed by atoms with van der Waals surface area (Å²) < 4.78 is 2.39. The summed E-state index contributed by atoms with van der Waals surface area (Å²) in [6.45, 7) is 3.39. The minimum Gasteiger partial charge on any atom is -0.377 e. The molecule has 0 saturated heterocycles. The van der Waals surface area contributed by atoms with Gasteiger partial charge in [0, 0.05) is 18.8 Å². The monoisotopic (exact) mass is 283 g/mol. The van der Waals surface area contributed by atoms with Crippen molar-refractivity contribution in [3.8, 4) is 0 Å². The van der Waals surface area contributed by atoms with E-state index >= 15 is 0 Å². The highest BCUT2D eigenvalue weighted by atomic mass is 35.5. The first kappa shape index (κ1) is 13.1. The zero-order valence-corrected chi connectivity index (χ0v) is 11.6. The minimum absolute atomic E-state index is 0.0275. The maximum absolute atomic E-state index is 11.5. The van der Waals surface area contributed by atoms with Crippen molar-refractivity contribution in [1.82, 2.24) is 9.55 Å².